The molecule has 4 rings (SSSR count). The van der Waals surface area contributed by atoms with Crippen LogP contribution in [0.3, 0.4) is 0 Å². The maximum absolute atomic E-state index is 4.70. The molecule has 0 spiro atoms. The number of hydrogen-bond acceptors (Lipinski definition) is 4. The molecule has 142 valence electrons. The predicted octanol–water partition coefficient (Wildman–Crippen LogP) is 6.20. The van der Waals surface area contributed by atoms with Crippen molar-refractivity contribution in [1.82, 2.24) is 15.0 Å². The number of aromatic amines is 1. The van der Waals surface area contributed by atoms with Crippen LogP contribution >= 0.6 is 23.5 Å². The number of hydrogen-bond donors (Lipinski definition) is 1. The highest BCUT2D eigenvalue weighted by Gasteiger charge is 2.11. The second-order valence-corrected chi connectivity index (χ2v) is 8.84. The van der Waals surface area contributed by atoms with Crippen molar-refractivity contribution in [3.8, 4) is 0 Å². The Hall–Kier alpha value is -2.24. The third-order valence-corrected chi connectivity index (χ3v) is 6.95. The van der Waals surface area contributed by atoms with Crippen LogP contribution in [-0.4, -0.2) is 20.7 Å². The van der Waals surface area contributed by atoms with Gasteiger partial charge >= 0.3 is 0 Å². The lowest BCUT2D eigenvalue weighted by atomic mass is 10.2. The summed E-state index contributed by atoms with van der Waals surface area (Å²) in [4.78, 5) is 14.1. The van der Waals surface area contributed by atoms with Crippen LogP contribution in [0.25, 0.3) is 11.0 Å². The first-order chi connectivity index (χ1) is 13.7. The molecule has 1 N–H and O–H groups in total. The van der Waals surface area contributed by atoms with Crippen LogP contribution in [0.4, 0.5) is 0 Å². The maximum Gasteiger partial charge on any atom is 0.166 e. The predicted molar refractivity (Wildman–Crippen MR) is 120 cm³/mol. The molecule has 2 aromatic heterocycles. The fraction of sp³-hybridized carbons (Fsp3) is 0.217. The Balaban J connectivity index is 1.43. The minimum Gasteiger partial charge on any atom is -0.333 e. The smallest absolute Gasteiger partial charge is 0.166 e. The lowest BCUT2D eigenvalue weighted by Gasteiger charge is -2.13. The molecule has 4 aromatic rings. The van der Waals surface area contributed by atoms with Gasteiger partial charge in [-0.25, -0.2) is 4.98 Å². The quantitative estimate of drug-likeness (QED) is 0.372. The minimum atomic E-state index is 0.818. The third-order valence-electron chi connectivity index (χ3n) is 4.74. The van der Waals surface area contributed by atoms with Crippen molar-refractivity contribution in [3.63, 3.8) is 0 Å². The molecule has 3 nitrogen and oxygen atoms in total. The highest BCUT2D eigenvalue weighted by Crippen LogP contribution is 2.31. The SMILES string of the molecule is Cc1cnc(CSc2nc3ccccc3[nH]2)c(C)c1SCCc1ccccc1. The van der Waals surface area contributed by atoms with Gasteiger partial charge in [0.05, 0.1) is 16.7 Å². The summed E-state index contributed by atoms with van der Waals surface area (Å²) in [5.74, 6) is 1.89. The number of benzene rings is 2. The van der Waals surface area contributed by atoms with Crippen LogP contribution in [0.5, 0.6) is 0 Å². The number of H-pyrrole nitrogens is 1. The Morgan fingerprint density at radius 1 is 0.929 bits per heavy atom. The van der Waals surface area contributed by atoms with Crippen molar-refractivity contribution in [2.45, 2.75) is 36.1 Å². The molecular formula is C23H23N3S2. The molecule has 0 aliphatic heterocycles. The Kier molecular flexibility index (Phi) is 6.03. The van der Waals surface area contributed by atoms with Crippen molar-refractivity contribution in [1.29, 1.82) is 0 Å². The number of thioether (sulfide) groups is 2. The molecule has 0 aliphatic rings. The van der Waals surface area contributed by atoms with Crippen LogP contribution < -0.4 is 0 Å². The number of para-hydroxylation sites is 2. The topological polar surface area (TPSA) is 41.6 Å². The van der Waals surface area contributed by atoms with Crippen molar-refractivity contribution < 1.29 is 0 Å². The molecule has 0 aliphatic carbocycles. The van der Waals surface area contributed by atoms with Crippen LogP contribution in [-0.2, 0) is 12.2 Å². The van der Waals surface area contributed by atoms with E-state index in [1.54, 1.807) is 11.8 Å². The summed E-state index contributed by atoms with van der Waals surface area (Å²) in [5, 5.41) is 0.946. The highest BCUT2D eigenvalue weighted by atomic mass is 32.2. The van der Waals surface area contributed by atoms with E-state index in [9.17, 15) is 0 Å². The Bertz CT molecular complexity index is 1040. The van der Waals surface area contributed by atoms with E-state index >= 15 is 0 Å². The molecule has 5 heteroatoms. The van der Waals surface area contributed by atoms with Crippen LogP contribution in [0, 0.1) is 13.8 Å². The summed E-state index contributed by atoms with van der Waals surface area (Å²) in [6.45, 7) is 4.35. The molecule has 0 fully saturated rings. The average molecular weight is 406 g/mol. The van der Waals surface area contributed by atoms with Gasteiger partial charge in [-0.3, -0.25) is 4.98 Å². The standard InChI is InChI=1S/C23H23N3S2/c1-16-14-24-21(15-28-23-25-19-10-6-7-11-20(19)26-23)17(2)22(16)27-13-12-18-8-4-3-5-9-18/h3-11,14H,12-13,15H2,1-2H3,(H,25,26). The minimum absolute atomic E-state index is 0.818. The number of aromatic nitrogens is 3. The van der Waals surface area contributed by atoms with Gasteiger partial charge in [-0.1, -0.05) is 54.2 Å². The summed E-state index contributed by atoms with van der Waals surface area (Å²) < 4.78 is 0. The number of nitrogens with one attached hydrogen (secondary N) is 1. The maximum atomic E-state index is 4.70. The number of pyridine rings is 1. The van der Waals surface area contributed by atoms with Gasteiger partial charge in [0.1, 0.15) is 0 Å². The van der Waals surface area contributed by atoms with Crippen molar-refractivity contribution in [2.75, 3.05) is 5.75 Å². The number of fused-ring (bicyclic) bond motifs is 1. The third kappa shape index (κ3) is 4.42. The lowest BCUT2D eigenvalue weighted by molar-refractivity contribution is 1.03. The van der Waals surface area contributed by atoms with E-state index in [-0.39, 0.29) is 0 Å². The summed E-state index contributed by atoms with van der Waals surface area (Å²) in [5.41, 5.74) is 7.17. The highest BCUT2D eigenvalue weighted by molar-refractivity contribution is 7.99. The molecule has 0 atom stereocenters. The van der Waals surface area contributed by atoms with Crippen LogP contribution in [0.2, 0.25) is 0 Å². The Morgan fingerprint density at radius 3 is 2.54 bits per heavy atom. The molecule has 2 aromatic carbocycles. The van der Waals surface area contributed by atoms with Crippen molar-refractivity contribution >= 4 is 34.6 Å². The van der Waals surface area contributed by atoms with E-state index in [1.165, 1.54) is 21.6 Å². The molecule has 28 heavy (non-hydrogen) atoms. The number of rotatable bonds is 7. The first-order valence-electron chi connectivity index (χ1n) is 9.40. The largest absolute Gasteiger partial charge is 0.333 e. The number of aryl methyl sites for hydroxylation is 2. The zero-order valence-corrected chi connectivity index (χ0v) is 17.7. The summed E-state index contributed by atoms with van der Waals surface area (Å²) in [7, 11) is 0. The van der Waals surface area contributed by atoms with E-state index < -0.39 is 0 Å². The van der Waals surface area contributed by atoms with Gasteiger partial charge < -0.3 is 4.98 Å². The van der Waals surface area contributed by atoms with Crippen LogP contribution in [0.15, 0.2) is 70.8 Å². The van der Waals surface area contributed by atoms with Gasteiger partial charge in [-0.15, -0.1) is 11.8 Å². The summed E-state index contributed by atoms with van der Waals surface area (Å²) in [6.07, 6.45) is 3.09. The molecule has 0 amide bonds. The zero-order valence-electron chi connectivity index (χ0n) is 16.1. The van der Waals surface area contributed by atoms with E-state index in [2.05, 4.69) is 60.2 Å². The summed E-state index contributed by atoms with van der Waals surface area (Å²) in [6, 6.07) is 18.8. The molecule has 0 radical (unpaired) electrons. The van der Waals surface area contributed by atoms with Gasteiger partial charge in [-0.2, -0.15) is 0 Å². The number of imidazole rings is 1. The van der Waals surface area contributed by atoms with Crippen molar-refractivity contribution in [2.24, 2.45) is 0 Å². The van der Waals surface area contributed by atoms with Gasteiger partial charge in [-0.05, 0) is 49.1 Å². The Morgan fingerprint density at radius 2 is 1.71 bits per heavy atom. The molecule has 0 saturated heterocycles. The van der Waals surface area contributed by atoms with Gasteiger partial charge in [0, 0.05) is 22.6 Å². The second-order valence-electron chi connectivity index (χ2n) is 6.77. The monoisotopic (exact) mass is 405 g/mol. The first-order valence-corrected chi connectivity index (χ1v) is 11.4. The normalized spacial score (nSPS) is 11.2. The molecule has 0 bridgehead atoms. The van der Waals surface area contributed by atoms with E-state index in [1.807, 2.05) is 36.2 Å². The molecule has 2 heterocycles. The lowest BCUT2D eigenvalue weighted by Crippen LogP contribution is -1.98. The second kappa shape index (κ2) is 8.84. The van der Waals surface area contributed by atoms with Gasteiger partial charge in [0.15, 0.2) is 5.16 Å². The van der Waals surface area contributed by atoms with E-state index in [0.29, 0.717) is 0 Å². The van der Waals surface area contributed by atoms with Gasteiger partial charge in [0.25, 0.3) is 0 Å². The fourth-order valence-corrected chi connectivity index (χ4v) is 5.24. The molecular weight excluding hydrogens is 382 g/mol. The first kappa shape index (κ1) is 19.1. The fourth-order valence-electron chi connectivity index (χ4n) is 3.17. The average Bonchev–Trinajstić information content (AvgIpc) is 3.13. The number of nitrogens with zero attached hydrogens (tertiary/aromatic N) is 2. The van der Waals surface area contributed by atoms with Gasteiger partial charge in [0.2, 0.25) is 0 Å². The van der Waals surface area contributed by atoms with Crippen molar-refractivity contribution in [3.05, 3.63) is 83.2 Å². The Labute approximate surface area is 174 Å². The van der Waals surface area contributed by atoms with Crippen LogP contribution in [0.1, 0.15) is 22.4 Å². The van der Waals surface area contributed by atoms with E-state index in [4.69, 9.17) is 4.98 Å². The molecule has 0 unspecified atom stereocenters. The summed E-state index contributed by atoms with van der Waals surface area (Å²) >= 11 is 3.65. The molecule has 0 saturated carbocycles. The van der Waals surface area contributed by atoms with E-state index in [0.717, 1.165) is 39.8 Å². The zero-order chi connectivity index (χ0) is 19.3.